The second-order valence-electron chi connectivity index (χ2n) is 7.64. The second kappa shape index (κ2) is 9.00. The molecule has 0 aliphatic heterocycles. The molecule has 1 aromatic heterocycles. The van der Waals surface area contributed by atoms with Gasteiger partial charge in [-0.15, -0.1) is 0 Å². The maximum absolute atomic E-state index is 5.30. The van der Waals surface area contributed by atoms with Crippen LogP contribution in [-0.2, 0) is 0 Å². The van der Waals surface area contributed by atoms with Crippen molar-refractivity contribution in [3.05, 3.63) is 95.8 Å². The Bertz CT molecular complexity index is 1150. The minimum Gasteiger partial charge on any atom is -0.497 e. The van der Waals surface area contributed by atoms with Crippen LogP contribution in [0.2, 0.25) is 0 Å². The molecule has 4 rings (SSSR count). The molecule has 0 atom stereocenters. The van der Waals surface area contributed by atoms with Crippen molar-refractivity contribution in [1.82, 2.24) is 9.55 Å². The Hall–Kier alpha value is -3.33. The lowest BCUT2D eigenvalue weighted by Crippen LogP contribution is -1.96. The zero-order valence-corrected chi connectivity index (χ0v) is 17.9. The quantitative estimate of drug-likeness (QED) is 0.335. The molecule has 0 radical (unpaired) electrons. The van der Waals surface area contributed by atoms with Gasteiger partial charge in [-0.25, -0.2) is 4.98 Å². The number of hydrogen-bond acceptors (Lipinski definition) is 2. The average molecular weight is 397 g/mol. The molecule has 0 amide bonds. The third-order valence-electron chi connectivity index (χ3n) is 5.58. The number of ether oxygens (including phenoxy) is 1. The fourth-order valence-corrected chi connectivity index (χ4v) is 3.94. The number of allylic oxidation sites excluding steroid dienone is 1. The second-order valence-corrected chi connectivity index (χ2v) is 7.64. The SMILES string of the molecule is CCCCC(C)=C(c1ccccc1)c1ccc2ncn(-c3ccc(OC)cc3)c2c1. The van der Waals surface area contributed by atoms with E-state index in [9.17, 15) is 0 Å². The Morgan fingerprint density at radius 2 is 1.70 bits per heavy atom. The molecule has 0 fully saturated rings. The largest absolute Gasteiger partial charge is 0.497 e. The first kappa shape index (κ1) is 20.0. The smallest absolute Gasteiger partial charge is 0.119 e. The van der Waals surface area contributed by atoms with Crippen molar-refractivity contribution in [2.75, 3.05) is 7.11 Å². The van der Waals surface area contributed by atoms with E-state index < -0.39 is 0 Å². The van der Waals surface area contributed by atoms with Crippen LogP contribution in [0, 0.1) is 0 Å². The molecule has 3 heteroatoms. The van der Waals surface area contributed by atoms with Gasteiger partial charge < -0.3 is 4.74 Å². The molecular formula is C27H28N2O. The third-order valence-corrected chi connectivity index (χ3v) is 5.58. The number of aromatic nitrogens is 2. The van der Waals surface area contributed by atoms with Crippen molar-refractivity contribution in [3.63, 3.8) is 0 Å². The Kier molecular flexibility index (Phi) is 5.99. The molecule has 1 heterocycles. The highest BCUT2D eigenvalue weighted by Crippen LogP contribution is 2.32. The summed E-state index contributed by atoms with van der Waals surface area (Å²) < 4.78 is 7.44. The molecule has 0 bridgehead atoms. The van der Waals surface area contributed by atoms with Crippen molar-refractivity contribution in [2.45, 2.75) is 33.1 Å². The van der Waals surface area contributed by atoms with E-state index in [0.717, 1.165) is 28.9 Å². The Balaban J connectivity index is 1.84. The van der Waals surface area contributed by atoms with Gasteiger partial charge in [-0.1, -0.05) is 55.3 Å². The van der Waals surface area contributed by atoms with Crippen LogP contribution in [-0.4, -0.2) is 16.7 Å². The van der Waals surface area contributed by atoms with Crippen molar-refractivity contribution in [2.24, 2.45) is 0 Å². The normalized spacial score (nSPS) is 12.1. The number of unbranched alkanes of at least 4 members (excludes halogenated alkanes) is 1. The third kappa shape index (κ3) is 4.02. The maximum Gasteiger partial charge on any atom is 0.119 e. The lowest BCUT2D eigenvalue weighted by atomic mass is 9.91. The van der Waals surface area contributed by atoms with Gasteiger partial charge in [0.25, 0.3) is 0 Å². The molecule has 0 aliphatic carbocycles. The summed E-state index contributed by atoms with van der Waals surface area (Å²) in [4.78, 5) is 4.62. The minimum atomic E-state index is 0.852. The molecule has 152 valence electrons. The van der Waals surface area contributed by atoms with E-state index in [1.165, 1.54) is 35.1 Å². The van der Waals surface area contributed by atoms with E-state index in [1.807, 2.05) is 18.5 Å². The number of rotatable bonds is 7. The number of hydrogen-bond donors (Lipinski definition) is 0. The predicted octanol–water partition coefficient (Wildman–Crippen LogP) is 7.05. The molecule has 0 unspecified atom stereocenters. The van der Waals surface area contributed by atoms with Gasteiger partial charge in [0.15, 0.2) is 0 Å². The number of imidazole rings is 1. The zero-order chi connectivity index (χ0) is 20.9. The van der Waals surface area contributed by atoms with Crippen LogP contribution in [0.15, 0.2) is 84.7 Å². The summed E-state index contributed by atoms with van der Waals surface area (Å²) in [5, 5.41) is 0. The van der Waals surface area contributed by atoms with Crippen molar-refractivity contribution in [3.8, 4) is 11.4 Å². The highest BCUT2D eigenvalue weighted by Gasteiger charge is 2.12. The predicted molar refractivity (Wildman–Crippen MR) is 125 cm³/mol. The highest BCUT2D eigenvalue weighted by molar-refractivity contribution is 5.88. The summed E-state index contributed by atoms with van der Waals surface area (Å²) in [5.74, 6) is 0.852. The lowest BCUT2D eigenvalue weighted by molar-refractivity contribution is 0.415. The van der Waals surface area contributed by atoms with E-state index in [0.29, 0.717) is 0 Å². The summed E-state index contributed by atoms with van der Waals surface area (Å²) in [5.41, 5.74) is 8.43. The Labute approximate surface area is 178 Å². The molecule has 0 spiro atoms. The first-order valence-electron chi connectivity index (χ1n) is 10.6. The van der Waals surface area contributed by atoms with Crippen LogP contribution in [0.1, 0.15) is 44.2 Å². The fraction of sp³-hybridized carbons (Fsp3) is 0.222. The van der Waals surface area contributed by atoms with Gasteiger partial charge in [0, 0.05) is 5.69 Å². The van der Waals surface area contributed by atoms with Crippen LogP contribution in [0.5, 0.6) is 5.75 Å². The Morgan fingerprint density at radius 1 is 0.933 bits per heavy atom. The summed E-state index contributed by atoms with van der Waals surface area (Å²) in [7, 11) is 1.69. The van der Waals surface area contributed by atoms with E-state index in [1.54, 1.807) is 7.11 Å². The Morgan fingerprint density at radius 3 is 2.40 bits per heavy atom. The van der Waals surface area contributed by atoms with Gasteiger partial charge in [0.2, 0.25) is 0 Å². The minimum absolute atomic E-state index is 0.852. The van der Waals surface area contributed by atoms with Crippen molar-refractivity contribution in [1.29, 1.82) is 0 Å². The molecular weight excluding hydrogens is 368 g/mol. The van der Waals surface area contributed by atoms with Gasteiger partial charge in [0.1, 0.15) is 12.1 Å². The number of benzene rings is 3. The van der Waals surface area contributed by atoms with E-state index in [-0.39, 0.29) is 0 Å². The van der Waals surface area contributed by atoms with Gasteiger partial charge in [-0.05, 0) is 72.9 Å². The maximum atomic E-state index is 5.30. The fourth-order valence-electron chi connectivity index (χ4n) is 3.94. The first-order valence-corrected chi connectivity index (χ1v) is 10.6. The van der Waals surface area contributed by atoms with E-state index in [4.69, 9.17) is 4.74 Å². The molecule has 3 nitrogen and oxygen atoms in total. The number of fused-ring (bicyclic) bond motifs is 1. The van der Waals surface area contributed by atoms with Crippen LogP contribution in [0.3, 0.4) is 0 Å². The summed E-state index contributed by atoms with van der Waals surface area (Å²) in [6.07, 6.45) is 5.40. The zero-order valence-electron chi connectivity index (χ0n) is 17.9. The molecule has 0 aliphatic rings. The van der Waals surface area contributed by atoms with Gasteiger partial charge in [-0.3, -0.25) is 4.57 Å². The molecule has 0 saturated carbocycles. The first-order chi connectivity index (χ1) is 14.7. The average Bonchev–Trinajstić information content (AvgIpc) is 3.22. The van der Waals surface area contributed by atoms with Crippen molar-refractivity contribution >= 4 is 16.6 Å². The standard InChI is InChI=1S/C27H28N2O/c1-4-5-9-20(2)27(21-10-7-6-8-11-21)22-12-17-25-26(18-22)29(19-28-25)23-13-15-24(30-3)16-14-23/h6-8,10-19H,4-5,9H2,1-3H3. The number of methoxy groups -OCH3 is 1. The van der Waals surface area contributed by atoms with E-state index in [2.05, 4.69) is 84.1 Å². The molecule has 3 aromatic carbocycles. The lowest BCUT2D eigenvalue weighted by Gasteiger charge is -2.14. The summed E-state index contributed by atoms with van der Waals surface area (Å²) in [6.45, 7) is 4.51. The molecule has 0 saturated heterocycles. The van der Waals surface area contributed by atoms with Gasteiger partial charge in [-0.2, -0.15) is 0 Å². The topological polar surface area (TPSA) is 27.1 Å². The van der Waals surface area contributed by atoms with Crippen LogP contribution in [0.25, 0.3) is 22.3 Å². The number of nitrogens with zero attached hydrogens (tertiary/aromatic N) is 2. The van der Waals surface area contributed by atoms with Crippen LogP contribution >= 0.6 is 0 Å². The molecule has 0 N–H and O–H groups in total. The van der Waals surface area contributed by atoms with E-state index >= 15 is 0 Å². The summed E-state index contributed by atoms with van der Waals surface area (Å²) in [6, 6.07) is 25.4. The van der Waals surface area contributed by atoms with Gasteiger partial charge >= 0.3 is 0 Å². The van der Waals surface area contributed by atoms with Crippen molar-refractivity contribution < 1.29 is 4.74 Å². The van der Waals surface area contributed by atoms with Crippen LogP contribution in [0.4, 0.5) is 0 Å². The van der Waals surface area contributed by atoms with Gasteiger partial charge in [0.05, 0.1) is 18.1 Å². The monoisotopic (exact) mass is 396 g/mol. The molecule has 4 aromatic rings. The summed E-state index contributed by atoms with van der Waals surface area (Å²) >= 11 is 0. The highest BCUT2D eigenvalue weighted by atomic mass is 16.5. The molecule has 30 heavy (non-hydrogen) atoms. The van der Waals surface area contributed by atoms with Crippen LogP contribution < -0.4 is 4.74 Å².